The highest BCUT2D eigenvalue weighted by Gasteiger charge is 2.42. The Bertz CT molecular complexity index is 588. The molecule has 0 amide bonds. The minimum atomic E-state index is -3.49. The van der Waals surface area contributed by atoms with Gasteiger partial charge in [-0.2, -0.15) is 4.31 Å². The van der Waals surface area contributed by atoms with Crippen LogP contribution < -0.4 is 10.1 Å². The molecule has 2 unspecified atom stereocenters. The number of nitrogens with zero attached hydrogens (tertiary/aromatic N) is 1. The summed E-state index contributed by atoms with van der Waals surface area (Å²) in [6.07, 6.45) is 2.03. The van der Waals surface area contributed by atoms with E-state index in [1.807, 2.05) is 0 Å². The SMILES string of the molecule is COc1ccccc1S(=O)(=O)N1CCCC2CNCC21. The summed E-state index contributed by atoms with van der Waals surface area (Å²) in [5.74, 6) is 0.855. The van der Waals surface area contributed by atoms with E-state index in [0.717, 1.165) is 25.9 Å². The summed E-state index contributed by atoms with van der Waals surface area (Å²) in [6.45, 7) is 2.27. The molecule has 2 atom stereocenters. The van der Waals surface area contributed by atoms with Crippen molar-refractivity contribution in [1.82, 2.24) is 9.62 Å². The zero-order valence-corrected chi connectivity index (χ0v) is 12.4. The number of nitrogens with one attached hydrogen (secondary N) is 1. The summed E-state index contributed by atoms with van der Waals surface area (Å²) in [6, 6.07) is 6.93. The maximum atomic E-state index is 12.9. The van der Waals surface area contributed by atoms with Crippen LogP contribution in [-0.4, -0.2) is 45.5 Å². The first-order valence-electron chi connectivity index (χ1n) is 7.00. The normalized spacial score (nSPS) is 27.2. The molecule has 110 valence electrons. The van der Waals surface area contributed by atoms with Crippen molar-refractivity contribution in [3.05, 3.63) is 24.3 Å². The van der Waals surface area contributed by atoms with E-state index in [1.165, 1.54) is 7.11 Å². The van der Waals surface area contributed by atoms with Crippen LogP contribution in [0.5, 0.6) is 5.75 Å². The van der Waals surface area contributed by atoms with Crippen molar-refractivity contribution < 1.29 is 13.2 Å². The van der Waals surface area contributed by atoms with Gasteiger partial charge in [0.25, 0.3) is 0 Å². The van der Waals surface area contributed by atoms with Gasteiger partial charge in [-0.3, -0.25) is 0 Å². The van der Waals surface area contributed by atoms with Crippen LogP contribution in [0.25, 0.3) is 0 Å². The first-order valence-corrected chi connectivity index (χ1v) is 8.44. The van der Waals surface area contributed by atoms with Gasteiger partial charge in [-0.25, -0.2) is 8.42 Å². The van der Waals surface area contributed by atoms with Gasteiger partial charge in [0.05, 0.1) is 7.11 Å². The molecule has 2 fully saturated rings. The Kier molecular flexibility index (Phi) is 3.70. The maximum absolute atomic E-state index is 12.9. The van der Waals surface area contributed by atoms with Gasteiger partial charge in [0, 0.05) is 19.1 Å². The van der Waals surface area contributed by atoms with Gasteiger partial charge in [0.2, 0.25) is 10.0 Å². The number of methoxy groups -OCH3 is 1. The number of hydrogen-bond acceptors (Lipinski definition) is 4. The predicted octanol–water partition coefficient (Wildman–Crippen LogP) is 1.07. The molecule has 2 aliphatic heterocycles. The van der Waals surface area contributed by atoms with E-state index in [-0.39, 0.29) is 10.9 Å². The Morgan fingerprint density at radius 2 is 2.10 bits per heavy atom. The third-order valence-corrected chi connectivity index (χ3v) is 6.25. The van der Waals surface area contributed by atoms with Gasteiger partial charge in [-0.15, -0.1) is 0 Å². The van der Waals surface area contributed by atoms with Gasteiger partial charge in [0.1, 0.15) is 10.6 Å². The monoisotopic (exact) mass is 296 g/mol. The molecule has 20 heavy (non-hydrogen) atoms. The molecule has 0 radical (unpaired) electrons. The van der Waals surface area contributed by atoms with Crippen LogP contribution in [0.4, 0.5) is 0 Å². The lowest BCUT2D eigenvalue weighted by molar-refractivity contribution is 0.217. The first kappa shape index (κ1) is 13.9. The summed E-state index contributed by atoms with van der Waals surface area (Å²) < 4.78 is 32.7. The largest absolute Gasteiger partial charge is 0.495 e. The van der Waals surface area contributed by atoms with Crippen LogP contribution >= 0.6 is 0 Å². The third-order valence-electron chi connectivity index (χ3n) is 4.28. The summed E-state index contributed by atoms with van der Waals surface area (Å²) >= 11 is 0. The number of benzene rings is 1. The van der Waals surface area contributed by atoms with Crippen molar-refractivity contribution in [2.45, 2.75) is 23.8 Å². The van der Waals surface area contributed by atoms with Gasteiger partial charge in [-0.05, 0) is 37.4 Å². The molecule has 0 saturated carbocycles. The van der Waals surface area contributed by atoms with Gasteiger partial charge < -0.3 is 10.1 Å². The number of piperidine rings is 1. The van der Waals surface area contributed by atoms with Crippen molar-refractivity contribution in [1.29, 1.82) is 0 Å². The number of ether oxygens (including phenoxy) is 1. The Morgan fingerprint density at radius 1 is 1.30 bits per heavy atom. The standard InChI is InChI=1S/C14H20N2O3S/c1-19-13-6-2-3-7-14(13)20(17,18)16-8-4-5-11-9-15-10-12(11)16/h2-3,6-7,11-12,15H,4-5,8-10H2,1H3. The topological polar surface area (TPSA) is 58.6 Å². The van der Waals surface area contributed by atoms with Crippen LogP contribution in [0.15, 0.2) is 29.2 Å². The maximum Gasteiger partial charge on any atom is 0.247 e. The second-order valence-corrected chi connectivity index (χ2v) is 7.25. The zero-order chi connectivity index (χ0) is 14.2. The molecule has 1 aromatic rings. The second-order valence-electron chi connectivity index (χ2n) is 5.39. The number of hydrogen-bond donors (Lipinski definition) is 1. The Labute approximate surface area is 120 Å². The van der Waals surface area contributed by atoms with Crippen molar-refractivity contribution in [2.24, 2.45) is 5.92 Å². The summed E-state index contributed by atoms with van der Waals surface area (Å²) in [4.78, 5) is 0.273. The highest BCUT2D eigenvalue weighted by molar-refractivity contribution is 7.89. The van der Waals surface area contributed by atoms with Crippen LogP contribution in [0.1, 0.15) is 12.8 Å². The molecule has 0 aromatic heterocycles. The van der Waals surface area contributed by atoms with Crippen molar-refractivity contribution in [2.75, 3.05) is 26.7 Å². The van der Waals surface area contributed by atoms with Crippen LogP contribution in [0.3, 0.4) is 0 Å². The molecule has 5 nitrogen and oxygen atoms in total. The average molecular weight is 296 g/mol. The highest BCUT2D eigenvalue weighted by atomic mass is 32.2. The minimum Gasteiger partial charge on any atom is -0.495 e. The molecule has 2 saturated heterocycles. The van der Waals surface area contributed by atoms with Crippen LogP contribution in [0, 0.1) is 5.92 Å². The molecule has 0 spiro atoms. The lowest BCUT2D eigenvalue weighted by Crippen LogP contribution is -2.48. The molecule has 6 heteroatoms. The lowest BCUT2D eigenvalue weighted by Gasteiger charge is -2.36. The highest BCUT2D eigenvalue weighted by Crippen LogP contribution is 2.34. The summed E-state index contributed by atoms with van der Waals surface area (Å²) in [5.41, 5.74) is 0. The molecule has 2 aliphatic rings. The zero-order valence-electron chi connectivity index (χ0n) is 11.6. The van der Waals surface area contributed by atoms with Crippen molar-refractivity contribution in [3.63, 3.8) is 0 Å². The van der Waals surface area contributed by atoms with Crippen LogP contribution in [-0.2, 0) is 10.0 Å². The van der Waals surface area contributed by atoms with E-state index in [9.17, 15) is 8.42 Å². The predicted molar refractivity (Wildman–Crippen MR) is 76.3 cm³/mol. The molecular weight excluding hydrogens is 276 g/mol. The smallest absolute Gasteiger partial charge is 0.247 e. The minimum absolute atomic E-state index is 0.0821. The third kappa shape index (κ3) is 2.21. The van der Waals surface area contributed by atoms with E-state index in [2.05, 4.69) is 5.32 Å². The van der Waals surface area contributed by atoms with Crippen molar-refractivity contribution >= 4 is 10.0 Å². The van der Waals surface area contributed by atoms with Crippen LogP contribution in [0.2, 0.25) is 0 Å². The molecule has 0 aliphatic carbocycles. The number of fused-ring (bicyclic) bond motifs is 1. The van der Waals surface area contributed by atoms with E-state index in [1.54, 1.807) is 28.6 Å². The molecule has 1 N–H and O–H groups in total. The summed E-state index contributed by atoms with van der Waals surface area (Å²) in [5, 5.41) is 3.31. The Morgan fingerprint density at radius 3 is 2.90 bits per heavy atom. The fourth-order valence-corrected chi connectivity index (χ4v) is 5.16. The quantitative estimate of drug-likeness (QED) is 0.906. The fourth-order valence-electron chi connectivity index (χ4n) is 3.28. The first-order chi connectivity index (χ1) is 9.64. The van der Waals surface area contributed by atoms with E-state index >= 15 is 0 Å². The molecule has 2 heterocycles. The summed E-state index contributed by atoms with van der Waals surface area (Å²) in [7, 11) is -1.99. The van der Waals surface area contributed by atoms with Crippen molar-refractivity contribution in [3.8, 4) is 5.75 Å². The number of sulfonamides is 1. The van der Waals surface area contributed by atoms with Gasteiger partial charge >= 0.3 is 0 Å². The Balaban J connectivity index is 1.98. The van der Waals surface area contributed by atoms with E-state index in [0.29, 0.717) is 18.2 Å². The number of rotatable bonds is 3. The fraction of sp³-hybridized carbons (Fsp3) is 0.571. The molecule has 3 rings (SSSR count). The Hall–Kier alpha value is -1.11. The molecular formula is C14H20N2O3S. The van der Waals surface area contributed by atoms with E-state index < -0.39 is 10.0 Å². The molecule has 1 aromatic carbocycles. The number of para-hydroxylation sites is 1. The van der Waals surface area contributed by atoms with E-state index in [4.69, 9.17) is 4.74 Å². The second kappa shape index (κ2) is 5.35. The lowest BCUT2D eigenvalue weighted by atomic mass is 9.94. The van der Waals surface area contributed by atoms with Gasteiger partial charge in [0.15, 0.2) is 0 Å². The average Bonchev–Trinajstić information content (AvgIpc) is 2.95. The van der Waals surface area contributed by atoms with Gasteiger partial charge in [-0.1, -0.05) is 12.1 Å². The molecule has 0 bridgehead atoms.